The number of thiazole rings is 1. The molecule has 0 radical (unpaired) electrons. The molecule has 28 heavy (non-hydrogen) atoms. The molecule has 2 N–H and O–H groups in total. The molecule has 142 valence electrons. The van der Waals surface area contributed by atoms with Crippen LogP contribution in [0.4, 0.5) is 9.93 Å². The van der Waals surface area contributed by atoms with Gasteiger partial charge in [-0.25, -0.2) is 9.78 Å². The van der Waals surface area contributed by atoms with Crippen molar-refractivity contribution >= 4 is 28.5 Å². The topological polar surface area (TPSA) is 88.5 Å². The van der Waals surface area contributed by atoms with E-state index in [2.05, 4.69) is 34.6 Å². The molecular formula is C21H18N2O4S. The predicted molar refractivity (Wildman–Crippen MR) is 107 cm³/mol. The molecule has 0 atom stereocenters. The first-order valence-electron chi connectivity index (χ1n) is 8.83. The highest BCUT2D eigenvalue weighted by molar-refractivity contribution is 7.16. The van der Waals surface area contributed by atoms with E-state index in [4.69, 9.17) is 9.84 Å². The van der Waals surface area contributed by atoms with Crippen molar-refractivity contribution in [1.29, 1.82) is 0 Å². The fraction of sp³-hybridized carbons (Fsp3) is 0.190. The molecule has 0 aliphatic heterocycles. The molecule has 0 fully saturated rings. The minimum absolute atomic E-state index is 0.0150. The van der Waals surface area contributed by atoms with E-state index in [1.54, 1.807) is 6.92 Å². The molecule has 0 saturated heterocycles. The van der Waals surface area contributed by atoms with Gasteiger partial charge in [0, 0.05) is 10.8 Å². The van der Waals surface area contributed by atoms with Crippen LogP contribution >= 0.6 is 11.3 Å². The van der Waals surface area contributed by atoms with Crippen LogP contribution in [0, 0.1) is 6.92 Å². The number of rotatable bonds is 5. The third-order valence-electron chi connectivity index (χ3n) is 4.76. The maximum Gasteiger partial charge on any atom is 0.413 e. The van der Waals surface area contributed by atoms with Gasteiger partial charge in [0.2, 0.25) is 0 Å². The molecular weight excluding hydrogens is 376 g/mol. The number of carbonyl (C=O) groups is 2. The molecule has 1 heterocycles. The van der Waals surface area contributed by atoms with Gasteiger partial charge in [0.25, 0.3) is 0 Å². The summed E-state index contributed by atoms with van der Waals surface area (Å²) in [6.07, 6.45) is -0.715. The van der Waals surface area contributed by atoms with Gasteiger partial charge in [-0.15, -0.1) is 11.3 Å². The Morgan fingerprint density at radius 1 is 1.11 bits per heavy atom. The number of aromatic nitrogens is 1. The minimum Gasteiger partial charge on any atom is -0.481 e. The molecule has 2 aromatic carbocycles. The molecule has 7 heteroatoms. The number of fused-ring (bicyclic) bond motifs is 3. The number of hydrogen-bond acceptors (Lipinski definition) is 5. The molecule has 6 nitrogen and oxygen atoms in total. The van der Waals surface area contributed by atoms with Crippen LogP contribution in [0.1, 0.15) is 27.6 Å². The van der Waals surface area contributed by atoms with Gasteiger partial charge in [0.1, 0.15) is 6.61 Å². The highest BCUT2D eigenvalue weighted by atomic mass is 32.1. The van der Waals surface area contributed by atoms with Crippen LogP contribution in [0.2, 0.25) is 0 Å². The monoisotopic (exact) mass is 394 g/mol. The first-order valence-corrected chi connectivity index (χ1v) is 9.64. The lowest BCUT2D eigenvalue weighted by Gasteiger charge is -2.14. The smallest absolute Gasteiger partial charge is 0.413 e. The van der Waals surface area contributed by atoms with Crippen molar-refractivity contribution in [3.8, 4) is 11.1 Å². The first-order chi connectivity index (χ1) is 13.5. The number of ether oxygens (including phenoxy) is 1. The van der Waals surface area contributed by atoms with E-state index >= 15 is 0 Å². The maximum atomic E-state index is 12.3. The van der Waals surface area contributed by atoms with Gasteiger partial charge in [-0.3, -0.25) is 10.1 Å². The van der Waals surface area contributed by atoms with Crippen molar-refractivity contribution in [3.05, 3.63) is 70.2 Å². The molecule has 0 saturated carbocycles. The Kier molecular flexibility index (Phi) is 4.83. The molecule has 0 unspecified atom stereocenters. The summed E-state index contributed by atoms with van der Waals surface area (Å²) in [4.78, 5) is 27.9. The normalized spacial score (nSPS) is 12.3. The summed E-state index contributed by atoms with van der Waals surface area (Å²) in [5.74, 6) is -0.946. The largest absolute Gasteiger partial charge is 0.481 e. The Morgan fingerprint density at radius 3 is 2.32 bits per heavy atom. The van der Waals surface area contributed by atoms with Crippen molar-refractivity contribution < 1.29 is 19.4 Å². The van der Waals surface area contributed by atoms with Gasteiger partial charge in [-0.05, 0) is 29.2 Å². The lowest BCUT2D eigenvalue weighted by Crippen LogP contribution is -2.17. The standard InChI is InChI=1S/C21H18N2O4S/c1-12-18(10-19(24)25)28-20(22-12)23-21(26)27-11-17-15-8-4-2-6-13(15)14-7-3-5-9-16(14)17/h2-9,17H,10-11H2,1H3,(H,24,25)(H,22,23,26). The van der Waals surface area contributed by atoms with Crippen molar-refractivity contribution in [3.63, 3.8) is 0 Å². The summed E-state index contributed by atoms with van der Waals surface area (Å²) >= 11 is 1.15. The van der Waals surface area contributed by atoms with E-state index in [-0.39, 0.29) is 18.9 Å². The van der Waals surface area contributed by atoms with E-state index in [1.807, 2.05) is 24.3 Å². The number of benzene rings is 2. The van der Waals surface area contributed by atoms with E-state index in [0.717, 1.165) is 22.5 Å². The van der Waals surface area contributed by atoms with Crippen molar-refractivity contribution in [2.75, 3.05) is 11.9 Å². The predicted octanol–water partition coefficient (Wildman–Crippen LogP) is 4.44. The van der Waals surface area contributed by atoms with Crippen LogP contribution in [0.15, 0.2) is 48.5 Å². The van der Waals surface area contributed by atoms with Crippen LogP contribution < -0.4 is 5.32 Å². The van der Waals surface area contributed by atoms with E-state index in [0.29, 0.717) is 15.7 Å². The van der Waals surface area contributed by atoms with Gasteiger partial charge in [-0.1, -0.05) is 48.5 Å². The maximum absolute atomic E-state index is 12.3. The number of nitrogens with one attached hydrogen (secondary N) is 1. The fourth-order valence-corrected chi connectivity index (χ4v) is 4.44. The van der Waals surface area contributed by atoms with Crippen LogP contribution in [-0.4, -0.2) is 28.8 Å². The summed E-state index contributed by atoms with van der Waals surface area (Å²) in [5.41, 5.74) is 5.22. The average molecular weight is 394 g/mol. The van der Waals surface area contributed by atoms with Crippen molar-refractivity contribution in [2.45, 2.75) is 19.3 Å². The summed E-state index contributed by atoms with van der Waals surface area (Å²) in [5, 5.41) is 11.9. The Hall–Kier alpha value is -3.19. The quantitative estimate of drug-likeness (QED) is 0.668. The third kappa shape index (κ3) is 3.48. The zero-order valence-electron chi connectivity index (χ0n) is 15.1. The van der Waals surface area contributed by atoms with Crippen LogP contribution in [0.5, 0.6) is 0 Å². The Balaban J connectivity index is 1.45. The minimum atomic E-state index is -0.931. The Bertz CT molecular complexity index is 1010. The zero-order valence-corrected chi connectivity index (χ0v) is 16.0. The van der Waals surface area contributed by atoms with Crippen LogP contribution in [0.25, 0.3) is 11.1 Å². The van der Waals surface area contributed by atoms with E-state index in [1.165, 1.54) is 11.1 Å². The third-order valence-corrected chi connectivity index (χ3v) is 5.83. The first kappa shape index (κ1) is 18.2. The molecule has 1 aliphatic rings. The number of anilines is 1. The SMILES string of the molecule is Cc1nc(NC(=O)OCC2c3ccccc3-c3ccccc32)sc1CC(=O)O. The van der Waals surface area contributed by atoms with Gasteiger partial charge < -0.3 is 9.84 Å². The Morgan fingerprint density at radius 2 is 1.71 bits per heavy atom. The van der Waals surface area contributed by atoms with Gasteiger partial charge in [0.15, 0.2) is 5.13 Å². The second-order valence-electron chi connectivity index (χ2n) is 6.55. The molecule has 3 aromatic rings. The second-order valence-corrected chi connectivity index (χ2v) is 7.63. The molecule has 1 aliphatic carbocycles. The molecule has 0 spiro atoms. The average Bonchev–Trinajstić information content (AvgIpc) is 3.17. The van der Waals surface area contributed by atoms with Crippen molar-refractivity contribution in [1.82, 2.24) is 4.98 Å². The molecule has 1 aromatic heterocycles. The number of carboxylic acid groups (broad SMARTS) is 1. The van der Waals surface area contributed by atoms with E-state index in [9.17, 15) is 9.59 Å². The number of aliphatic carboxylic acids is 1. The van der Waals surface area contributed by atoms with Crippen LogP contribution in [0.3, 0.4) is 0 Å². The van der Waals surface area contributed by atoms with Gasteiger partial charge >= 0.3 is 12.1 Å². The van der Waals surface area contributed by atoms with Crippen LogP contribution in [-0.2, 0) is 16.0 Å². The lowest BCUT2D eigenvalue weighted by atomic mass is 9.98. The molecule has 1 amide bonds. The molecule has 0 bridgehead atoms. The van der Waals surface area contributed by atoms with E-state index < -0.39 is 12.1 Å². The Labute approximate surface area is 165 Å². The number of nitrogens with zero attached hydrogens (tertiary/aromatic N) is 1. The highest BCUT2D eigenvalue weighted by Gasteiger charge is 2.29. The highest BCUT2D eigenvalue weighted by Crippen LogP contribution is 2.44. The summed E-state index contributed by atoms with van der Waals surface area (Å²) in [6.45, 7) is 1.93. The number of carbonyl (C=O) groups excluding carboxylic acids is 1. The van der Waals surface area contributed by atoms with Gasteiger partial charge in [-0.2, -0.15) is 0 Å². The lowest BCUT2D eigenvalue weighted by molar-refractivity contribution is -0.136. The number of amides is 1. The zero-order chi connectivity index (χ0) is 19.7. The summed E-state index contributed by atoms with van der Waals surface area (Å²) in [7, 11) is 0. The number of hydrogen-bond donors (Lipinski definition) is 2. The summed E-state index contributed by atoms with van der Waals surface area (Å²) < 4.78 is 5.47. The fourth-order valence-electron chi connectivity index (χ4n) is 3.50. The number of carboxylic acids is 1. The summed E-state index contributed by atoms with van der Waals surface area (Å²) in [6, 6.07) is 16.3. The number of aryl methyl sites for hydroxylation is 1. The molecule has 4 rings (SSSR count). The second kappa shape index (κ2) is 7.44. The van der Waals surface area contributed by atoms with Crippen molar-refractivity contribution in [2.24, 2.45) is 0 Å². The van der Waals surface area contributed by atoms with Gasteiger partial charge in [0.05, 0.1) is 12.1 Å².